The van der Waals surface area contributed by atoms with Crippen LogP contribution in [0.3, 0.4) is 0 Å². The Morgan fingerprint density at radius 1 is 1.58 bits per heavy atom. The lowest BCUT2D eigenvalue weighted by Gasteiger charge is -2.00. The molecule has 2 heterocycles. The minimum absolute atomic E-state index is 0.0449. The van der Waals surface area contributed by atoms with Gasteiger partial charge in [0.25, 0.3) is 10.0 Å². The first kappa shape index (κ1) is 13.1. The van der Waals surface area contributed by atoms with Crippen molar-refractivity contribution in [3.05, 3.63) is 24.2 Å². The first-order valence-corrected chi connectivity index (χ1v) is 6.55. The summed E-state index contributed by atoms with van der Waals surface area (Å²) < 4.78 is 31.8. The van der Waals surface area contributed by atoms with Crippen LogP contribution in [0.15, 0.2) is 27.9 Å². The van der Waals surface area contributed by atoms with Crippen LogP contribution >= 0.6 is 0 Å². The molecule has 10 heteroatoms. The lowest BCUT2D eigenvalue weighted by atomic mass is 10.5. The van der Waals surface area contributed by atoms with Crippen molar-refractivity contribution in [1.29, 1.82) is 0 Å². The van der Waals surface area contributed by atoms with Crippen LogP contribution in [0, 0.1) is 6.92 Å². The minimum Gasteiger partial charge on any atom is -0.480 e. The van der Waals surface area contributed by atoms with E-state index in [1.54, 1.807) is 6.92 Å². The third-order valence-electron chi connectivity index (χ3n) is 2.08. The highest BCUT2D eigenvalue weighted by molar-refractivity contribution is 7.92. The predicted molar refractivity (Wildman–Crippen MR) is 61.9 cm³/mol. The van der Waals surface area contributed by atoms with E-state index in [0.29, 0.717) is 5.76 Å². The molecule has 9 nitrogen and oxygen atoms in total. The number of hydrogen-bond donors (Lipinski definition) is 2. The number of aliphatic carboxylic acids is 1. The second-order valence-corrected chi connectivity index (χ2v) is 5.38. The van der Waals surface area contributed by atoms with Gasteiger partial charge in [-0.05, 0) is 6.92 Å². The second kappa shape index (κ2) is 4.72. The molecule has 0 amide bonds. The first-order chi connectivity index (χ1) is 8.87. The molecule has 0 aliphatic heterocycles. The molecule has 0 fully saturated rings. The Morgan fingerprint density at radius 3 is 2.89 bits per heavy atom. The van der Waals surface area contributed by atoms with E-state index in [2.05, 4.69) is 15.0 Å². The zero-order valence-corrected chi connectivity index (χ0v) is 10.6. The highest BCUT2D eigenvalue weighted by atomic mass is 32.2. The zero-order chi connectivity index (χ0) is 14.0. The van der Waals surface area contributed by atoms with E-state index >= 15 is 0 Å². The van der Waals surface area contributed by atoms with Crippen LogP contribution < -0.4 is 4.72 Å². The Bertz CT molecular complexity index is 702. The van der Waals surface area contributed by atoms with Crippen molar-refractivity contribution in [2.45, 2.75) is 18.4 Å². The number of anilines is 1. The molecule has 2 rings (SSSR count). The molecular weight excluding hydrogens is 276 g/mol. The van der Waals surface area contributed by atoms with Crippen molar-refractivity contribution >= 4 is 21.8 Å². The normalized spacial score (nSPS) is 11.4. The number of nitrogens with one attached hydrogen (secondary N) is 1. The Labute approximate surface area is 107 Å². The summed E-state index contributed by atoms with van der Waals surface area (Å²) >= 11 is 0. The van der Waals surface area contributed by atoms with Gasteiger partial charge >= 0.3 is 5.97 Å². The van der Waals surface area contributed by atoms with E-state index in [1.807, 2.05) is 0 Å². The van der Waals surface area contributed by atoms with Gasteiger partial charge in [-0.1, -0.05) is 5.16 Å². The molecule has 0 saturated heterocycles. The van der Waals surface area contributed by atoms with Crippen molar-refractivity contribution in [3.8, 4) is 0 Å². The average Bonchev–Trinajstić information content (AvgIpc) is 2.87. The Morgan fingerprint density at radius 2 is 2.32 bits per heavy atom. The average molecular weight is 286 g/mol. The lowest BCUT2D eigenvalue weighted by molar-refractivity contribution is -0.137. The van der Waals surface area contributed by atoms with Crippen LogP contribution in [-0.4, -0.2) is 34.4 Å². The lowest BCUT2D eigenvalue weighted by Crippen LogP contribution is -2.13. The molecule has 2 aromatic rings. The summed E-state index contributed by atoms with van der Waals surface area (Å²) in [5.41, 5.74) is 0. The fourth-order valence-electron chi connectivity index (χ4n) is 1.32. The van der Waals surface area contributed by atoms with E-state index in [9.17, 15) is 13.2 Å². The third-order valence-corrected chi connectivity index (χ3v) is 3.39. The smallest absolute Gasteiger partial charge is 0.325 e. The fourth-order valence-corrected chi connectivity index (χ4v) is 2.26. The number of sulfonamides is 1. The molecule has 0 aliphatic carbocycles. The number of hydrogen-bond acceptors (Lipinski definition) is 6. The summed E-state index contributed by atoms with van der Waals surface area (Å²) in [6, 6.07) is 1.42. The number of aromatic nitrogens is 3. The SMILES string of the molecule is Cc1cc(NS(=O)(=O)c2cnn(CC(=O)O)c2)no1. The highest BCUT2D eigenvalue weighted by Gasteiger charge is 2.18. The second-order valence-electron chi connectivity index (χ2n) is 3.70. The maximum Gasteiger partial charge on any atom is 0.325 e. The monoisotopic (exact) mass is 286 g/mol. The van der Waals surface area contributed by atoms with Crippen LogP contribution in [0.5, 0.6) is 0 Å². The Kier molecular flexibility index (Phi) is 3.25. The third kappa shape index (κ3) is 3.10. The van der Waals surface area contributed by atoms with Crippen molar-refractivity contribution in [2.24, 2.45) is 0 Å². The molecule has 0 saturated carbocycles. The van der Waals surface area contributed by atoms with Crippen LogP contribution in [0.25, 0.3) is 0 Å². The Hall–Kier alpha value is -2.36. The van der Waals surface area contributed by atoms with Crippen molar-refractivity contribution in [2.75, 3.05) is 4.72 Å². The minimum atomic E-state index is -3.86. The number of aryl methyl sites for hydroxylation is 1. The molecule has 0 radical (unpaired) electrons. The van der Waals surface area contributed by atoms with Crippen molar-refractivity contribution in [1.82, 2.24) is 14.9 Å². The fraction of sp³-hybridized carbons (Fsp3) is 0.222. The number of carboxylic acid groups (broad SMARTS) is 1. The molecule has 0 aromatic carbocycles. The van der Waals surface area contributed by atoms with Gasteiger partial charge in [-0.3, -0.25) is 14.2 Å². The van der Waals surface area contributed by atoms with Crippen LogP contribution in [-0.2, 0) is 21.4 Å². The molecule has 19 heavy (non-hydrogen) atoms. The Balaban J connectivity index is 2.19. The van der Waals surface area contributed by atoms with Crippen LogP contribution in [0.1, 0.15) is 5.76 Å². The van der Waals surface area contributed by atoms with Gasteiger partial charge in [-0.25, -0.2) is 8.42 Å². The number of rotatable bonds is 5. The molecule has 0 aliphatic rings. The highest BCUT2D eigenvalue weighted by Crippen LogP contribution is 2.15. The molecule has 2 N–H and O–H groups in total. The summed E-state index contributed by atoms with van der Waals surface area (Å²) in [7, 11) is -3.86. The van der Waals surface area contributed by atoms with E-state index in [4.69, 9.17) is 9.63 Å². The summed E-state index contributed by atoms with van der Waals surface area (Å²) in [4.78, 5) is 10.3. The van der Waals surface area contributed by atoms with Crippen LogP contribution in [0.4, 0.5) is 5.82 Å². The van der Waals surface area contributed by atoms with E-state index < -0.39 is 22.5 Å². The zero-order valence-electron chi connectivity index (χ0n) is 9.77. The number of nitrogens with zero attached hydrogens (tertiary/aromatic N) is 3. The van der Waals surface area contributed by atoms with E-state index in [1.165, 1.54) is 6.07 Å². The van der Waals surface area contributed by atoms with Crippen molar-refractivity contribution in [3.63, 3.8) is 0 Å². The molecule has 0 atom stereocenters. The van der Waals surface area contributed by atoms with E-state index in [-0.39, 0.29) is 10.7 Å². The van der Waals surface area contributed by atoms with Gasteiger partial charge in [0.1, 0.15) is 17.2 Å². The quantitative estimate of drug-likeness (QED) is 0.795. The molecule has 0 bridgehead atoms. The summed E-state index contributed by atoms with van der Waals surface area (Å²) in [6.45, 7) is 1.20. The van der Waals surface area contributed by atoms with Gasteiger partial charge in [0, 0.05) is 12.3 Å². The molecule has 0 unspecified atom stereocenters. The summed E-state index contributed by atoms with van der Waals surface area (Å²) in [6.07, 6.45) is 2.17. The predicted octanol–water partition coefficient (Wildman–Crippen LogP) is 0.0649. The molecular formula is C9H10N4O5S. The van der Waals surface area contributed by atoms with Gasteiger partial charge in [0.15, 0.2) is 5.82 Å². The topological polar surface area (TPSA) is 127 Å². The molecule has 102 valence electrons. The summed E-state index contributed by atoms with van der Waals surface area (Å²) in [5, 5.41) is 15.7. The first-order valence-electron chi connectivity index (χ1n) is 5.07. The van der Waals surface area contributed by atoms with Gasteiger partial charge in [0.2, 0.25) is 0 Å². The summed E-state index contributed by atoms with van der Waals surface area (Å²) in [5.74, 6) is -0.616. The van der Waals surface area contributed by atoms with Gasteiger partial charge in [-0.15, -0.1) is 0 Å². The standard InChI is InChI=1S/C9H10N4O5S/c1-6-2-8(11-18-6)12-19(16,17)7-3-10-13(4-7)5-9(14)15/h2-4H,5H2,1H3,(H,11,12)(H,14,15). The number of carbonyl (C=O) groups is 1. The van der Waals surface area contributed by atoms with E-state index in [0.717, 1.165) is 17.1 Å². The molecule has 0 spiro atoms. The maximum atomic E-state index is 11.9. The largest absolute Gasteiger partial charge is 0.480 e. The molecule has 2 aromatic heterocycles. The van der Waals surface area contributed by atoms with Gasteiger partial charge in [0.05, 0.1) is 6.20 Å². The van der Waals surface area contributed by atoms with Gasteiger partial charge in [-0.2, -0.15) is 5.10 Å². The number of carboxylic acids is 1. The van der Waals surface area contributed by atoms with Crippen LogP contribution in [0.2, 0.25) is 0 Å². The van der Waals surface area contributed by atoms with Crippen molar-refractivity contribution < 1.29 is 22.8 Å². The maximum absolute atomic E-state index is 11.9. The van der Waals surface area contributed by atoms with Gasteiger partial charge < -0.3 is 9.63 Å².